The van der Waals surface area contributed by atoms with Crippen molar-refractivity contribution in [2.45, 2.75) is 45.7 Å². The highest BCUT2D eigenvalue weighted by molar-refractivity contribution is 5.20. The van der Waals surface area contributed by atoms with E-state index in [1.165, 1.54) is 18.9 Å². The molecular formula is C14H20FN. The maximum absolute atomic E-state index is 13.1. The first-order chi connectivity index (χ1) is 7.51. The molecule has 1 saturated carbocycles. The summed E-state index contributed by atoms with van der Waals surface area (Å²) in [6, 6.07) is 7.55. The molecule has 0 saturated heterocycles. The smallest absolute Gasteiger partial charge is 0.123 e. The van der Waals surface area contributed by atoms with Crippen LogP contribution in [0.25, 0.3) is 0 Å². The van der Waals surface area contributed by atoms with Crippen LogP contribution >= 0.6 is 0 Å². The third kappa shape index (κ3) is 2.43. The van der Waals surface area contributed by atoms with Crippen molar-refractivity contribution in [2.75, 3.05) is 0 Å². The van der Waals surface area contributed by atoms with Gasteiger partial charge in [-0.05, 0) is 49.8 Å². The van der Waals surface area contributed by atoms with Crippen LogP contribution in [-0.2, 0) is 0 Å². The molecule has 2 unspecified atom stereocenters. The molecule has 0 amide bonds. The van der Waals surface area contributed by atoms with E-state index in [4.69, 9.17) is 0 Å². The van der Waals surface area contributed by atoms with Gasteiger partial charge in [0, 0.05) is 12.1 Å². The Hall–Kier alpha value is -0.890. The Labute approximate surface area is 97.1 Å². The molecule has 0 bridgehead atoms. The Morgan fingerprint density at radius 1 is 1.31 bits per heavy atom. The van der Waals surface area contributed by atoms with E-state index in [-0.39, 0.29) is 11.9 Å². The summed E-state index contributed by atoms with van der Waals surface area (Å²) in [7, 11) is 0. The summed E-state index contributed by atoms with van der Waals surface area (Å²) < 4.78 is 13.1. The highest BCUT2D eigenvalue weighted by Gasteiger charge is 2.42. The maximum Gasteiger partial charge on any atom is 0.123 e. The molecule has 1 aliphatic carbocycles. The number of benzene rings is 1. The summed E-state index contributed by atoms with van der Waals surface area (Å²) in [6.45, 7) is 6.63. The molecule has 0 aromatic heterocycles. The second kappa shape index (κ2) is 4.17. The van der Waals surface area contributed by atoms with E-state index in [1.807, 2.05) is 6.07 Å². The van der Waals surface area contributed by atoms with Crippen LogP contribution in [0.4, 0.5) is 4.39 Å². The van der Waals surface area contributed by atoms with Crippen LogP contribution < -0.4 is 5.32 Å². The molecule has 0 spiro atoms. The molecule has 2 rings (SSSR count). The Kier molecular flexibility index (Phi) is 3.02. The first kappa shape index (κ1) is 11.6. The highest BCUT2D eigenvalue weighted by atomic mass is 19.1. The van der Waals surface area contributed by atoms with Gasteiger partial charge in [0.15, 0.2) is 0 Å². The molecule has 16 heavy (non-hydrogen) atoms. The summed E-state index contributed by atoms with van der Waals surface area (Å²) in [5.41, 5.74) is 1.48. The predicted molar refractivity (Wildman–Crippen MR) is 64.8 cm³/mol. The summed E-state index contributed by atoms with van der Waals surface area (Å²) in [6.07, 6.45) is 2.61. The number of rotatable bonds is 4. The van der Waals surface area contributed by atoms with E-state index in [0.29, 0.717) is 11.5 Å². The molecule has 0 heterocycles. The van der Waals surface area contributed by atoms with Crippen molar-refractivity contribution in [3.05, 3.63) is 35.6 Å². The number of hydrogen-bond donors (Lipinski definition) is 1. The van der Waals surface area contributed by atoms with Crippen LogP contribution in [0.3, 0.4) is 0 Å². The zero-order chi connectivity index (χ0) is 11.8. The first-order valence-corrected chi connectivity index (χ1v) is 6.03. The number of halogens is 1. The van der Waals surface area contributed by atoms with Crippen molar-refractivity contribution >= 4 is 0 Å². The molecule has 2 heteroatoms. The van der Waals surface area contributed by atoms with E-state index < -0.39 is 0 Å². The molecule has 1 N–H and O–H groups in total. The fourth-order valence-electron chi connectivity index (χ4n) is 2.08. The highest BCUT2D eigenvalue weighted by Crippen LogP contribution is 2.48. The van der Waals surface area contributed by atoms with E-state index in [9.17, 15) is 4.39 Å². The van der Waals surface area contributed by atoms with Crippen molar-refractivity contribution in [3.63, 3.8) is 0 Å². The van der Waals surface area contributed by atoms with Gasteiger partial charge in [0.1, 0.15) is 5.82 Å². The topological polar surface area (TPSA) is 12.0 Å². The van der Waals surface area contributed by atoms with Crippen LogP contribution in [0, 0.1) is 11.2 Å². The van der Waals surface area contributed by atoms with Crippen LogP contribution in [0.2, 0.25) is 0 Å². The SMILES string of the molecule is CC(NC(C)C1(C)CC1)c1cccc(F)c1. The number of nitrogens with one attached hydrogen (secondary N) is 1. The van der Waals surface area contributed by atoms with Gasteiger partial charge in [-0.25, -0.2) is 4.39 Å². The van der Waals surface area contributed by atoms with E-state index in [0.717, 1.165) is 5.56 Å². The standard InChI is InChI=1S/C14H20FN/c1-10(12-5-4-6-13(15)9-12)16-11(2)14(3)7-8-14/h4-6,9-11,16H,7-8H2,1-3H3. The van der Waals surface area contributed by atoms with Crippen LogP contribution in [0.5, 0.6) is 0 Å². The Bertz CT molecular complexity index is 371. The lowest BCUT2D eigenvalue weighted by molar-refractivity contribution is 0.350. The lowest BCUT2D eigenvalue weighted by Crippen LogP contribution is -2.35. The number of hydrogen-bond acceptors (Lipinski definition) is 1. The van der Waals surface area contributed by atoms with Crippen molar-refractivity contribution in [1.29, 1.82) is 0 Å². The van der Waals surface area contributed by atoms with Gasteiger partial charge in [-0.1, -0.05) is 19.1 Å². The second-order valence-corrected chi connectivity index (χ2v) is 5.32. The monoisotopic (exact) mass is 221 g/mol. The third-order valence-electron chi connectivity index (χ3n) is 3.93. The van der Waals surface area contributed by atoms with Crippen LogP contribution in [0.15, 0.2) is 24.3 Å². The van der Waals surface area contributed by atoms with Crippen molar-refractivity contribution in [3.8, 4) is 0 Å². The molecule has 0 aliphatic heterocycles. The van der Waals surface area contributed by atoms with Crippen molar-refractivity contribution in [1.82, 2.24) is 5.32 Å². The zero-order valence-corrected chi connectivity index (χ0v) is 10.3. The summed E-state index contributed by atoms with van der Waals surface area (Å²) in [4.78, 5) is 0. The lowest BCUT2D eigenvalue weighted by atomic mass is 9.98. The molecule has 2 atom stereocenters. The van der Waals surface area contributed by atoms with Gasteiger partial charge in [0.2, 0.25) is 0 Å². The second-order valence-electron chi connectivity index (χ2n) is 5.32. The summed E-state index contributed by atoms with van der Waals surface area (Å²) in [5, 5.41) is 3.56. The third-order valence-corrected chi connectivity index (χ3v) is 3.93. The minimum absolute atomic E-state index is 0.156. The Morgan fingerprint density at radius 2 is 2.00 bits per heavy atom. The van der Waals surface area contributed by atoms with Crippen molar-refractivity contribution < 1.29 is 4.39 Å². The van der Waals surface area contributed by atoms with Crippen LogP contribution in [0.1, 0.15) is 45.2 Å². The first-order valence-electron chi connectivity index (χ1n) is 6.03. The van der Waals surface area contributed by atoms with E-state index in [2.05, 4.69) is 26.1 Å². The molecule has 0 radical (unpaired) electrons. The molecule has 1 aromatic rings. The lowest BCUT2D eigenvalue weighted by Gasteiger charge is -2.25. The van der Waals surface area contributed by atoms with E-state index >= 15 is 0 Å². The van der Waals surface area contributed by atoms with Gasteiger partial charge in [0.05, 0.1) is 0 Å². The molecule has 1 fully saturated rings. The summed E-state index contributed by atoms with van der Waals surface area (Å²) >= 11 is 0. The van der Waals surface area contributed by atoms with Gasteiger partial charge in [0.25, 0.3) is 0 Å². The van der Waals surface area contributed by atoms with Gasteiger partial charge in [-0.3, -0.25) is 0 Å². The summed E-state index contributed by atoms with van der Waals surface area (Å²) in [5.74, 6) is -0.156. The molecule has 1 aliphatic rings. The molecule has 1 nitrogen and oxygen atoms in total. The molecular weight excluding hydrogens is 201 g/mol. The zero-order valence-electron chi connectivity index (χ0n) is 10.3. The van der Waals surface area contributed by atoms with Gasteiger partial charge < -0.3 is 5.32 Å². The average molecular weight is 221 g/mol. The van der Waals surface area contributed by atoms with E-state index in [1.54, 1.807) is 12.1 Å². The minimum atomic E-state index is -0.156. The Morgan fingerprint density at radius 3 is 2.56 bits per heavy atom. The molecule has 1 aromatic carbocycles. The largest absolute Gasteiger partial charge is 0.307 e. The van der Waals surface area contributed by atoms with Gasteiger partial charge in [-0.2, -0.15) is 0 Å². The maximum atomic E-state index is 13.1. The average Bonchev–Trinajstić information content (AvgIpc) is 2.98. The normalized spacial score (nSPS) is 21.5. The quantitative estimate of drug-likeness (QED) is 0.818. The van der Waals surface area contributed by atoms with Gasteiger partial charge >= 0.3 is 0 Å². The minimum Gasteiger partial charge on any atom is -0.307 e. The Balaban J connectivity index is 2.00. The van der Waals surface area contributed by atoms with Crippen molar-refractivity contribution in [2.24, 2.45) is 5.41 Å². The predicted octanol–water partition coefficient (Wildman–Crippen LogP) is 3.66. The van der Waals surface area contributed by atoms with Gasteiger partial charge in [-0.15, -0.1) is 0 Å². The van der Waals surface area contributed by atoms with Crippen LogP contribution in [-0.4, -0.2) is 6.04 Å². The fourth-order valence-corrected chi connectivity index (χ4v) is 2.08. The molecule has 88 valence electrons. The fraction of sp³-hybridized carbons (Fsp3) is 0.571.